The Hall–Kier alpha value is -2.24. The molecule has 0 unspecified atom stereocenters. The van der Waals surface area contributed by atoms with E-state index < -0.39 is 5.91 Å². The van der Waals surface area contributed by atoms with E-state index in [4.69, 9.17) is 27.9 Å². The van der Waals surface area contributed by atoms with Gasteiger partial charge < -0.3 is 15.4 Å². The number of carbonyl (C=O) groups excluding carboxylic acids is 2. The van der Waals surface area contributed by atoms with Crippen molar-refractivity contribution in [3.8, 4) is 5.75 Å². The van der Waals surface area contributed by atoms with Crippen LogP contribution in [0.25, 0.3) is 0 Å². The van der Waals surface area contributed by atoms with Crippen LogP contribution < -0.4 is 15.4 Å². The van der Waals surface area contributed by atoms with Crippen LogP contribution in [0.2, 0.25) is 10.0 Å². The molecule has 0 saturated heterocycles. The molecule has 2 N–H and O–H groups in total. The van der Waals surface area contributed by atoms with E-state index in [1.807, 2.05) is 19.1 Å². The van der Waals surface area contributed by atoms with Crippen LogP contribution in [0.5, 0.6) is 5.75 Å². The lowest BCUT2D eigenvalue weighted by molar-refractivity contribution is 0.0926. The second kappa shape index (κ2) is 8.74. The first-order valence-corrected chi connectivity index (χ1v) is 8.34. The molecule has 7 heteroatoms. The fourth-order valence-corrected chi connectivity index (χ4v) is 2.74. The Morgan fingerprint density at radius 3 is 2.28 bits per heavy atom. The number of carbonyl (C=O) groups is 2. The molecule has 0 radical (unpaired) electrons. The first-order valence-electron chi connectivity index (χ1n) is 7.59. The number of nitrogens with one attached hydrogen (secondary N) is 2. The molecule has 0 aliphatic heterocycles. The summed E-state index contributed by atoms with van der Waals surface area (Å²) in [5.74, 6) is -0.402. The Bertz CT molecular complexity index is 794. The Labute approximate surface area is 156 Å². The minimum Gasteiger partial charge on any atom is -0.494 e. The summed E-state index contributed by atoms with van der Waals surface area (Å²) in [6.45, 7) is 2.43. The fourth-order valence-electron chi connectivity index (χ4n) is 2.27. The van der Waals surface area contributed by atoms with Crippen LogP contribution in [0.4, 0.5) is 0 Å². The summed E-state index contributed by atoms with van der Waals surface area (Å²) in [6.07, 6.45) is 0. The van der Waals surface area contributed by atoms with Gasteiger partial charge in [0.25, 0.3) is 11.8 Å². The second-order valence-corrected chi connectivity index (χ2v) is 6.13. The second-order valence-electron chi connectivity index (χ2n) is 5.32. The third-order valence-electron chi connectivity index (χ3n) is 3.47. The smallest absolute Gasteiger partial charge is 0.256 e. The predicted molar refractivity (Wildman–Crippen MR) is 98.9 cm³/mol. The molecule has 0 spiro atoms. The van der Waals surface area contributed by atoms with Crippen LogP contribution in [0.1, 0.15) is 26.3 Å². The first-order chi connectivity index (χ1) is 11.9. The molecule has 5 nitrogen and oxygen atoms in total. The summed E-state index contributed by atoms with van der Waals surface area (Å²) in [6, 6.07) is 10.4. The molecule has 0 atom stereocenters. The van der Waals surface area contributed by atoms with Gasteiger partial charge in [0.15, 0.2) is 5.75 Å². The Kier molecular flexibility index (Phi) is 6.67. The van der Waals surface area contributed by atoms with E-state index >= 15 is 0 Å². The first kappa shape index (κ1) is 19.1. The van der Waals surface area contributed by atoms with Gasteiger partial charge in [0.2, 0.25) is 0 Å². The molecule has 0 aromatic heterocycles. The van der Waals surface area contributed by atoms with E-state index in [-0.39, 0.29) is 35.3 Å². The van der Waals surface area contributed by atoms with Crippen molar-refractivity contribution in [3.63, 3.8) is 0 Å². The Balaban J connectivity index is 1.91. The molecule has 0 aliphatic rings. The standard InChI is InChI=1S/C18H18Cl2N2O3/c1-11-4-3-5-12(10-11)17(23)21-8-9-22-18(24)15-13(19)6-7-14(20)16(15)25-2/h3-7,10H,8-9H2,1-2H3,(H,21,23)(H,22,24). The summed E-state index contributed by atoms with van der Waals surface area (Å²) < 4.78 is 5.14. The number of benzene rings is 2. The summed E-state index contributed by atoms with van der Waals surface area (Å²) in [4.78, 5) is 24.3. The number of methoxy groups -OCH3 is 1. The number of halogens is 2. The van der Waals surface area contributed by atoms with Crippen LogP contribution in [-0.2, 0) is 0 Å². The van der Waals surface area contributed by atoms with Gasteiger partial charge >= 0.3 is 0 Å². The fraction of sp³-hybridized carbons (Fsp3) is 0.222. The summed E-state index contributed by atoms with van der Waals surface area (Å²) in [5, 5.41) is 5.96. The Morgan fingerprint density at radius 2 is 1.64 bits per heavy atom. The minimum atomic E-state index is -0.422. The van der Waals surface area contributed by atoms with Crippen molar-refractivity contribution in [1.82, 2.24) is 10.6 Å². The molecule has 132 valence electrons. The van der Waals surface area contributed by atoms with E-state index in [0.29, 0.717) is 10.6 Å². The van der Waals surface area contributed by atoms with Gasteiger partial charge in [-0.2, -0.15) is 0 Å². The highest BCUT2D eigenvalue weighted by Crippen LogP contribution is 2.33. The molecule has 2 amide bonds. The average Bonchev–Trinajstić information content (AvgIpc) is 2.59. The summed E-state index contributed by atoms with van der Waals surface area (Å²) in [7, 11) is 1.41. The topological polar surface area (TPSA) is 67.4 Å². The lowest BCUT2D eigenvalue weighted by Gasteiger charge is -2.12. The van der Waals surface area contributed by atoms with Crippen molar-refractivity contribution in [3.05, 3.63) is 63.1 Å². The maximum atomic E-state index is 12.3. The quantitative estimate of drug-likeness (QED) is 0.753. The van der Waals surface area contributed by atoms with Gasteiger partial charge in [-0.05, 0) is 31.2 Å². The molecule has 0 heterocycles. The molecule has 2 aromatic rings. The van der Waals surface area contributed by atoms with Crippen LogP contribution in [0, 0.1) is 6.92 Å². The van der Waals surface area contributed by atoms with Gasteiger partial charge in [-0.15, -0.1) is 0 Å². The van der Waals surface area contributed by atoms with Crippen molar-refractivity contribution in [2.75, 3.05) is 20.2 Å². The largest absolute Gasteiger partial charge is 0.494 e. The number of amides is 2. The zero-order valence-corrected chi connectivity index (χ0v) is 15.4. The minimum absolute atomic E-state index is 0.168. The number of hydrogen-bond donors (Lipinski definition) is 2. The van der Waals surface area contributed by atoms with E-state index in [1.54, 1.807) is 18.2 Å². The van der Waals surface area contributed by atoms with E-state index in [2.05, 4.69) is 10.6 Å². The summed E-state index contributed by atoms with van der Waals surface area (Å²) in [5.41, 5.74) is 1.75. The van der Waals surface area contributed by atoms with E-state index in [9.17, 15) is 9.59 Å². The normalized spacial score (nSPS) is 10.2. The molecule has 0 saturated carbocycles. The van der Waals surface area contributed by atoms with Gasteiger partial charge in [0, 0.05) is 18.7 Å². The van der Waals surface area contributed by atoms with Gasteiger partial charge in [0.1, 0.15) is 5.56 Å². The lowest BCUT2D eigenvalue weighted by atomic mass is 10.1. The summed E-state index contributed by atoms with van der Waals surface area (Å²) >= 11 is 12.1. The zero-order valence-electron chi connectivity index (χ0n) is 13.9. The number of ether oxygens (including phenoxy) is 1. The van der Waals surface area contributed by atoms with Gasteiger partial charge in [0.05, 0.1) is 17.2 Å². The molecule has 0 fully saturated rings. The molecule has 25 heavy (non-hydrogen) atoms. The van der Waals surface area contributed by atoms with Crippen LogP contribution >= 0.6 is 23.2 Å². The van der Waals surface area contributed by atoms with Crippen molar-refractivity contribution < 1.29 is 14.3 Å². The third-order valence-corrected chi connectivity index (χ3v) is 4.08. The highest BCUT2D eigenvalue weighted by molar-refractivity contribution is 6.37. The maximum absolute atomic E-state index is 12.3. The maximum Gasteiger partial charge on any atom is 0.256 e. The van der Waals surface area contributed by atoms with Crippen molar-refractivity contribution in [1.29, 1.82) is 0 Å². The van der Waals surface area contributed by atoms with Crippen molar-refractivity contribution >= 4 is 35.0 Å². The van der Waals surface area contributed by atoms with E-state index in [0.717, 1.165) is 5.56 Å². The predicted octanol–water partition coefficient (Wildman–Crippen LogP) is 3.47. The third kappa shape index (κ3) is 4.87. The van der Waals surface area contributed by atoms with Crippen molar-refractivity contribution in [2.24, 2.45) is 0 Å². The van der Waals surface area contributed by atoms with Crippen LogP contribution in [0.3, 0.4) is 0 Å². The van der Waals surface area contributed by atoms with Crippen LogP contribution in [0.15, 0.2) is 36.4 Å². The molecule has 0 aliphatic carbocycles. The van der Waals surface area contributed by atoms with Gasteiger partial charge in [-0.3, -0.25) is 9.59 Å². The molecule has 2 aromatic carbocycles. The monoisotopic (exact) mass is 380 g/mol. The number of aryl methyl sites for hydroxylation is 1. The SMILES string of the molecule is COc1c(Cl)ccc(Cl)c1C(=O)NCCNC(=O)c1cccc(C)c1. The van der Waals surface area contributed by atoms with Crippen molar-refractivity contribution in [2.45, 2.75) is 6.92 Å². The zero-order chi connectivity index (χ0) is 18.4. The molecular formula is C18H18Cl2N2O3. The average molecular weight is 381 g/mol. The van der Waals surface area contributed by atoms with Crippen LogP contribution in [-0.4, -0.2) is 32.0 Å². The van der Waals surface area contributed by atoms with Gasteiger partial charge in [-0.25, -0.2) is 0 Å². The highest BCUT2D eigenvalue weighted by atomic mass is 35.5. The van der Waals surface area contributed by atoms with Gasteiger partial charge in [-0.1, -0.05) is 40.9 Å². The highest BCUT2D eigenvalue weighted by Gasteiger charge is 2.19. The molecule has 2 rings (SSSR count). The molecule has 0 bridgehead atoms. The van der Waals surface area contributed by atoms with E-state index in [1.165, 1.54) is 13.2 Å². The number of hydrogen-bond acceptors (Lipinski definition) is 3. The lowest BCUT2D eigenvalue weighted by Crippen LogP contribution is -2.35. The molecular weight excluding hydrogens is 363 g/mol. The number of rotatable bonds is 6. The Morgan fingerprint density at radius 1 is 1.00 bits per heavy atom.